The number of benzene rings is 2. The van der Waals surface area contributed by atoms with Gasteiger partial charge in [0.15, 0.2) is 0 Å². The van der Waals surface area contributed by atoms with Crippen molar-refractivity contribution in [3.63, 3.8) is 0 Å². The molecule has 0 bridgehead atoms. The van der Waals surface area contributed by atoms with Crippen LogP contribution in [0.1, 0.15) is 38.4 Å². The van der Waals surface area contributed by atoms with Gasteiger partial charge in [-0.15, -0.1) is 0 Å². The minimum Gasteiger partial charge on any atom is -0.338 e. The van der Waals surface area contributed by atoms with E-state index in [0.717, 1.165) is 27.4 Å². The zero-order valence-corrected chi connectivity index (χ0v) is 17.4. The number of nitrogens with one attached hydrogen (secondary N) is 1. The van der Waals surface area contributed by atoms with E-state index in [0.29, 0.717) is 35.7 Å². The highest BCUT2D eigenvalue weighted by molar-refractivity contribution is 6.30. The fourth-order valence-corrected chi connectivity index (χ4v) is 4.38. The first-order valence-electron chi connectivity index (χ1n) is 10.1. The maximum Gasteiger partial charge on any atom is 0.261 e. The standard InChI is InChI=1S/C23H19ClN4O3/c24-15-5-3-4-14(12-15)21-18-13-27(10-8-19(18)25-26-21)20(29)9-11-28-22(30)16-6-1-2-7-17(16)23(28)31/h1-7,12H,8-11,13H2,(H,25,26). The summed E-state index contributed by atoms with van der Waals surface area (Å²) in [7, 11) is 0. The van der Waals surface area contributed by atoms with Crippen molar-refractivity contribution in [3.8, 4) is 11.3 Å². The van der Waals surface area contributed by atoms with E-state index in [9.17, 15) is 14.4 Å². The van der Waals surface area contributed by atoms with Gasteiger partial charge in [-0.25, -0.2) is 0 Å². The minimum atomic E-state index is -0.340. The average Bonchev–Trinajstić information content (AvgIpc) is 3.31. The van der Waals surface area contributed by atoms with Gasteiger partial charge < -0.3 is 4.90 Å². The third-order valence-electron chi connectivity index (χ3n) is 5.81. The van der Waals surface area contributed by atoms with Crippen LogP contribution in [0.15, 0.2) is 48.5 Å². The SMILES string of the molecule is O=C(CCN1C(=O)c2ccccc2C1=O)N1CCc2[nH]nc(-c3cccc(Cl)c3)c2C1. The van der Waals surface area contributed by atoms with E-state index in [2.05, 4.69) is 10.2 Å². The highest BCUT2D eigenvalue weighted by Gasteiger charge is 2.35. The summed E-state index contributed by atoms with van der Waals surface area (Å²) in [5.41, 5.74) is 4.46. The lowest BCUT2D eigenvalue weighted by atomic mass is 10.0. The molecule has 3 heterocycles. The van der Waals surface area contributed by atoms with Gasteiger partial charge in [-0.2, -0.15) is 5.10 Å². The molecule has 2 aromatic carbocycles. The molecule has 1 N–H and O–H groups in total. The predicted octanol–water partition coefficient (Wildman–Crippen LogP) is 3.30. The molecule has 1 aromatic heterocycles. The molecule has 0 fully saturated rings. The second-order valence-electron chi connectivity index (χ2n) is 7.66. The molecule has 0 aliphatic carbocycles. The van der Waals surface area contributed by atoms with Crippen molar-refractivity contribution in [1.29, 1.82) is 0 Å². The topological polar surface area (TPSA) is 86.4 Å². The second kappa shape index (κ2) is 7.67. The summed E-state index contributed by atoms with van der Waals surface area (Å²) in [5.74, 6) is -0.778. The van der Waals surface area contributed by atoms with Crippen molar-refractivity contribution in [2.45, 2.75) is 19.4 Å². The molecule has 5 rings (SSSR count). The van der Waals surface area contributed by atoms with Gasteiger partial charge >= 0.3 is 0 Å². The van der Waals surface area contributed by atoms with Crippen LogP contribution >= 0.6 is 11.6 Å². The summed E-state index contributed by atoms with van der Waals surface area (Å²) in [4.78, 5) is 40.8. The van der Waals surface area contributed by atoms with E-state index >= 15 is 0 Å². The van der Waals surface area contributed by atoms with E-state index in [1.54, 1.807) is 35.2 Å². The zero-order chi connectivity index (χ0) is 21.5. The zero-order valence-electron chi connectivity index (χ0n) is 16.6. The number of amides is 3. The molecule has 3 amide bonds. The molecular formula is C23H19ClN4O3. The van der Waals surface area contributed by atoms with E-state index in [-0.39, 0.29) is 30.7 Å². The second-order valence-corrected chi connectivity index (χ2v) is 8.10. The van der Waals surface area contributed by atoms with Crippen molar-refractivity contribution in [3.05, 3.63) is 75.9 Å². The van der Waals surface area contributed by atoms with Crippen molar-refractivity contribution >= 4 is 29.3 Å². The summed E-state index contributed by atoms with van der Waals surface area (Å²) in [5, 5.41) is 8.13. The molecule has 7 nitrogen and oxygen atoms in total. The first-order valence-corrected chi connectivity index (χ1v) is 10.5. The lowest BCUT2D eigenvalue weighted by molar-refractivity contribution is -0.132. The van der Waals surface area contributed by atoms with Crippen LogP contribution in [0.4, 0.5) is 0 Å². The Labute approximate surface area is 183 Å². The third kappa shape index (κ3) is 3.41. The first kappa shape index (κ1) is 19.5. The summed E-state index contributed by atoms with van der Waals surface area (Å²) < 4.78 is 0. The van der Waals surface area contributed by atoms with Gasteiger partial charge in [0.1, 0.15) is 0 Å². The Balaban J connectivity index is 1.28. The van der Waals surface area contributed by atoms with Crippen molar-refractivity contribution in [2.75, 3.05) is 13.1 Å². The number of nitrogens with zero attached hydrogens (tertiary/aromatic N) is 3. The molecule has 0 atom stereocenters. The monoisotopic (exact) mass is 434 g/mol. The van der Waals surface area contributed by atoms with Crippen LogP contribution in [0.5, 0.6) is 0 Å². The smallest absolute Gasteiger partial charge is 0.261 e. The summed E-state index contributed by atoms with van der Waals surface area (Å²) in [6.45, 7) is 1.06. The molecule has 0 saturated heterocycles. The quantitative estimate of drug-likeness (QED) is 0.638. The van der Waals surface area contributed by atoms with E-state index in [1.165, 1.54) is 0 Å². The molecule has 0 spiro atoms. The van der Waals surface area contributed by atoms with Crippen LogP contribution in [0.2, 0.25) is 5.02 Å². The molecule has 31 heavy (non-hydrogen) atoms. The molecule has 8 heteroatoms. The summed E-state index contributed by atoms with van der Waals surface area (Å²) >= 11 is 6.12. The van der Waals surface area contributed by atoms with Crippen molar-refractivity contribution in [2.24, 2.45) is 0 Å². The Hall–Kier alpha value is -3.45. The predicted molar refractivity (Wildman–Crippen MR) is 115 cm³/mol. The van der Waals surface area contributed by atoms with Crippen LogP contribution in [-0.4, -0.2) is 50.8 Å². The summed E-state index contributed by atoms with van der Waals surface area (Å²) in [6.07, 6.45) is 0.757. The largest absolute Gasteiger partial charge is 0.338 e. The van der Waals surface area contributed by atoms with E-state index in [4.69, 9.17) is 11.6 Å². The van der Waals surface area contributed by atoms with E-state index < -0.39 is 0 Å². The van der Waals surface area contributed by atoms with Crippen LogP contribution in [0.3, 0.4) is 0 Å². The number of rotatable bonds is 4. The van der Waals surface area contributed by atoms with Crippen molar-refractivity contribution < 1.29 is 14.4 Å². The van der Waals surface area contributed by atoms with Gasteiger partial charge in [0.05, 0.1) is 16.8 Å². The average molecular weight is 435 g/mol. The molecule has 0 saturated carbocycles. The number of aromatic nitrogens is 2. The molecule has 156 valence electrons. The maximum atomic E-state index is 12.9. The van der Waals surface area contributed by atoms with Crippen LogP contribution in [-0.2, 0) is 17.8 Å². The van der Waals surface area contributed by atoms with Crippen molar-refractivity contribution in [1.82, 2.24) is 20.0 Å². The fraction of sp³-hybridized carbons (Fsp3) is 0.217. The molecule has 2 aliphatic rings. The lowest BCUT2D eigenvalue weighted by Gasteiger charge is -2.28. The van der Waals surface area contributed by atoms with Crippen LogP contribution in [0, 0.1) is 0 Å². The molecule has 2 aliphatic heterocycles. The number of carbonyl (C=O) groups is 3. The van der Waals surface area contributed by atoms with Gasteiger partial charge in [-0.05, 0) is 24.3 Å². The summed E-state index contributed by atoms with van der Waals surface area (Å²) in [6, 6.07) is 14.2. The van der Waals surface area contributed by atoms with Gasteiger partial charge in [0.2, 0.25) is 5.91 Å². The minimum absolute atomic E-state index is 0.0705. The maximum absolute atomic E-state index is 12.9. The first-order chi connectivity index (χ1) is 15.0. The highest BCUT2D eigenvalue weighted by atomic mass is 35.5. The number of imide groups is 1. The molecule has 0 radical (unpaired) electrons. The Kier molecular flexibility index (Phi) is 4.82. The normalized spacial score (nSPS) is 15.3. The third-order valence-corrected chi connectivity index (χ3v) is 6.05. The van der Waals surface area contributed by atoms with Crippen LogP contribution < -0.4 is 0 Å². The van der Waals surface area contributed by atoms with Gasteiger partial charge in [-0.3, -0.25) is 24.4 Å². The number of halogens is 1. The van der Waals surface area contributed by atoms with Gasteiger partial charge in [0.25, 0.3) is 11.8 Å². The fourth-order valence-electron chi connectivity index (χ4n) is 4.19. The number of H-pyrrole nitrogens is 1. The Morgan fingerprint density at radius 1 is 1.06 bits per heavy atom. The number of aromatic amines is 1. The number of fused-ring (bicyclic) bond motifs is 2. The molecule has 3 aromatic rings. The van der Waals surface area contributed by atoms with Crippen LogP contribution in [0.25, 0.3) is 11.3 Å². The lowest BCUT2D eigenvalue weighted by Crippen LogP contribution is -2.39. The Morgan fingerprint density at radius 3 is 2.52 bits per heavy atom. The van der Waals surface area contributed by atoms with Gasteiger partial charge in [-0.1, -0.05) is 35.9 Å². The number of hydrogen-bond donors (Lipinski definition) is 1. The van der Waals surface area contributed by atoms with E-state index in [1.807, 2.05) is 18.2 Å². The number of hydrogen-bond acceptors (Lipinski definition) is 4. The molecule has 0 unspecified atom stereocenters. The molecular weight excluding hydrogens is 416 g/mol. The van der Waals surface area contributed by atoms with Gasteiger partial charge in [0, 0.05) is 54.3 Å². The number of carbonyl (C=O) groups excluding carboxylic acids is 3. The Bertz CT molecular complexity index is 1180. The Morgan fingerprint density at radius 2 is 1.81 bits per heavy atom. The highest BCUT2D eigenvalue weighted by Crippen LogP contribution is 2.30.